The fourth-order valence-corrected chi connectivity index (χ4v) is 6.58. The summed E-state index contributed by atoms with van der Waals surface area (Å²) in [4.78, 5) is 31.3. The molecule has 0 aromatic heterocycles. The van der Waals surface area contributed by atoms with Crippen LogP contribution in [0.1, 0.15) is 27.8 Å². The number of rotatable bonds is 16. The molecule has 1 saturated heterocycles. The molecule has 1 aliphatic heterocycles. The number of hydrogen-bond acceptors (Lipinski definition) is 7. The van der Waals surface area contributed by atoms with Crippen LogP contribution in [0.5, 0.6) is 5.75 Å². The zero-order chi connectivity index (χ0) is 35.4. The Morgan fingerprint density at radius 2 is 1.25 bits per heavy atom. The Labute approximate surface area is 299 Å². The van der Waals surface area contributed by atoms with Gasteiger partial charge in [0.25, 0.3) is 5.91 Å². The molecule has 8 heteroatoms. The molecule has 0 saturated carbocycles. The van der Waals surface area contributed by atoms with E-state index in [-0.39, 0.29) is 13.2 Å². The Morgan fingerprint density at radius 1 is 0.745 bits per heavy atom. The Bertz CT molecular complexity index is 1760. The molecule has 0 spiro atoms. The number of ether oxygens (including phenoxy) is 3. The monoisotopic (exact) mass is 684 g/mol. The first-order chi connectivity index (χ1) is 25.0. The van der Waals surface area contributed by atoms with Gasteiger partial charge < -0.3 is 19.3 Å². The van der Waals surface area contributed by atoms with Gasteiger partial charge in [0, 0.05) is 19.1 Å². The highest BCUT2D eigenvalue weighted by atomic mass is 16.6. The van der Waals surface area contributed by atoms with Crippen LogP contribution in [-0.2, 0) is 46.8 Å². The lowest BCUT2D eigenvalue weighted by molar-refractivity contribution is -0.155. The van der Waals surface area contributed by atoms with E-state index in [2.05, 4.69) is 29.2 Å². The molecule has 5 aromatic rings. The molecule has 0 bridgehead atoms. The molecule has 1 fully saturated rings. The number of aliphatic hydroxyl groups excluding tert-OH is 1. The third kappa shape index (κ3) is 9.49. The van der Waals surface area contributed by atoms with Crippen LogP contribution in [0.3, 0.4) is 0 Å². The quantitative estimate of drug-likeness (QED) is 0.122. The standard InChI is InChI=1S/C43H44N2O6/c1-49-38-24-22-33(23-25-38)27-39(44(28-34-16-8-3-9-17-34)29-35-18-10-4-11-19-35)40(46)41(50-30-36-20-12-5-13-21-36)42(47)45-37(31-51-43(45)48)26-32-14-6-2-7-15-32/h2-25,37,39-41,46H,26-31H2,1H3/t37-,39-,40+,41-/m1/s1. The summed E-state index contributed by atoms with van der Waals surface area (Å²) < 4.78 is 17.3. The fraction of sp³-hybridized carbons (Fsp3) is 0.256. The van der Waals surface area contributed by atoms with Gasteiger partial charge in [-0.3, -0.25) is 9.69 Å². The maximum atomic E-state index is 14.7. The normalized spacial score (nSPS) is 16.0. The van der Waals surface area contributed by atoms with Crippen molar-refractivity contribution in [1.29, 1.82) is 0 Å². The Morgan fingerprint density at radius 3 is 1.78 bits per heavy atom. The highest BCUT2D eigenvalue weighted by molar-refractivity contribution is 5.96. The molecule has 5 aromatic carbocycles. The minimum absolute atomic E-state index is 0.0599. The second kappa shape index (κ2) is 17.6. The lowest BCUT2D eigenvalue weighted by Crippen LogP contribution is -2.57. The zero-order valence-electron chi connectivity index (χ0n) is 28.8. The third-order valence-corrected chi connectivity index (χ3v) is 9.26. The van der Waals surface area contributed by atoms with Gasteiger partial charge in [-0.1, -0.05) is 133 Å². The number of cyclic esters (lactones) is 1. The van der Waals surface area contributed by atoms with Crippen LogP contribution >= 0.6 is 0 Å². The number of carbonyl (C=O) groups is 2. The molecule has 51 heavy (non-hydrogen) atoms. The summed E-state index contributed by atoms with van der Waals surface area (Å²) in [6.45, 7) is 1.11. The molecule has 0 unspecified atom stereocenters. The van der Waals surface area contributed by atoms with E-state index in [9.17, 15) is 14.7 Å². The van der Waals surface area contributed by atoms with Gasteiger partial charge in [-0.15, -0.1) is 0 Å². The molecule has 8 nitrogen and oxygen atoms in total. The molecule has 0 radical (unpaired) electrons. The maximum absolute atomic E-state index is 14.7. The molecule has 6 rings (SSSR count). The Balaban J connectivity index is 1.39. The third-order valence-electron chi connectivity index (χ3n) is 9.26. The van der Waals surface area contributed by atoms with E-state index >= 15 is 0 Å². The Hall–Kier alpha value is -5.28. The van der Waals surface area contributed by atoms with Crippen LogP contribution in [-0.4, -0.2) is 64.9 Å². The van der Waals surface area contributed by atoms with Crippen molar-refractivity contribution in [2.45, 2.75) is 56.8 Å². The predicted molar refractivity (Wildman–Crippen MR) is 196 cm³/mol. The van der Waals surface area contributed by atoms with Gasteiger partial charge in [0.2, 0.25) is 0 Å². The summed E-state index contributed by atoms with van der Waals surface area (Å²) in [5.74, 6) is 0.0958. The number of carbonyl (C=O) groups excluding carboxylic acids is 2. The number of imide groups is 1. The SMILES string of the molecule is COc1ccc(C[C@H]([C@H](O)[C@@H](OCc2ccccc2)C(=O)N2C(=O)OC[C@H]2Cc2ccccc2)N(Cc2ccccc2)Cc2ccccc2)cc1. The van der Waals surface area contributed by atoms with E-state index in [1.807, 2.05) is 121 Å². The Kier molecular flexibility index (Phi) is 12.3. The van der Waals surface area contributed by atoms with Crippen LogP contribution in [0.4, 0.5) is 4.79 Å². The van der Waals surface area contributed by atoms with Gasteiger partial charge in [-0.25, -0.2) is 9.69 Å². The fourth-order valence-electron chi connectivity index (χ4n) is 6.58. The van der Waals surface area contributed by atoms with Gasteiger partial charge >= 0.3 is 6.09 Å². The first-order valence-electron chi connectivity index (χ1n) is 17.3. The van der Waals surface area contributed by atoms with Crippen molar-refractivity contribution in [3.8, 4) is 5.75 Å². The van der Waals surface area contributed by atoms with Crippen LogP contribution < -0.4 is 4.74 Å². The number of nitrogens with zero attached hydrogens (tertiary/aromatic N) is 2. The topological polar surface area (TPSA) is 88.5 Å². The minimum Gasteiger partial charge on any atom is -0.497 e. The largest absolute Gasteiger partial charge is 0.497 e. The average molecular weight is 685 g/mol. The summed E-state index contributed by atoms with van der Waals surface area (Å²) in [6, 6.07) is 45.9. The molecule has 2 amide bonds. The summed E-state index contributed by atoms with van der Waals surface area (Å²) in [5, 5.41) is 12.6. The number of amides is 2. The predicted octanol–water partition coefficient (Wildman–Crippen LogP) is 6.85. The summed E-state index contributed by atoms with van der Waals surface area (Å²) >= 11 is 0. The number of aliphatic hydroxyl groups is 1. The van der Waals surface area contributed by atoms with E-state index in [0.717, 1.165) is 38.5 Å². The smallest absolute Gasteiger partial charge is 0.417 e. The molecule has 1 N–H and O–H groups in total. The molecular weight excluding hydrogens is 640 g/mol. The van der Waals surface area contributed by atoms with E-state index in [0.29, 0.717) is 25.9 Å². The second-order valence-corrected chi connectivity index (χ2v) is 12.8. The van der Waals surface area contributed by atoms with Crippen LogP contribution in [0.25, 0.3) is 0 Å². The number of hydrogen-bond donors (Lipinski definition) is 1. The van der Waals surface area contributed by atoms with Gasteiger partial charge in [0.05, 0.1) is 19.8 Å². The summed E-state index contributed by atoms with van der Waals surface area (Å²) in [5.41, 5.74) is 4.86. The molecule has 0 aliphatic carbocycles. The molecule has 4 atom stereocenters. The lowest BCUT2D eigenvalue weighted by Gasteiger charge is -2.39. The van der Waals surface area contributed by atoms with Crippen molar-refractivity contribution >= 4 is 12.0 Å². The number of methoxy groups -OCH3 is 1. The van der Waals surface area contributed by atoms with Crippen molar-refractivity contribution in [2.75, 3.05) is 13.7 Å². The van der Waals surface area contributed by atoms with Crippen molar-refractivity contribution < 1.29 is 28.9 Å². The van der Waals surface area contributed by atoms with E-state index < -0.39 is 36.3 Å². The molecule has 1 heterocycles. The van der Waals surface area contributed by atoms with E-state index in [4.69, 9.17) is 14.2 Å². The lowest BCUT2D eigenvalue weighted by atomic mass is 9.93. The molecule has 1 aliphatic rings. The van der Waals surface area contributed by atoms with Gasteiger partial charge in [-0.2, -0.15) is 0 Å². The number of benzene rings is 5. The van der Waals surface area contributed by atoms with E-state index in [1.165, 1.54) is 0 Å². The highest BCUT2D eigenvalue weighted by Crippen LogP contribution is 2.27. The van der Waals surface area contributed by atoms with Crippen molar-refractivity contribution in [3.05, 3.63) is 173 Å². The van der Waals surface area contributed by atoms with Crippen molar-refractivity contribution in [2.24, 2.45) is 0 Å². The first kappa shape index (κ1) is 35.5. The maximum Gasteiger partial charge on any atom is 0.417 e. The van der Waals surface area contributed by atoms with E-state index in [1.54, 1.807) is 7.11 Å². The van der Waals surface area contributed by atoms with Gasteiger partial charge in [0.1, 0.15) is 18.5 Å². The van der Waals surface area contributed by atoms with Gasteiger partial charge in [0.15, 0.2) is 6.10 Å². The average Bonchev–Trinajstić information content (AvgIpc) is 3.54. The molecule has 262 valence electrons. The van der Waals surface area contributed by atoms with Crippen molar-refractivity contribution in [1.82, 2.24) is 9.80 Å². The molecular formula is C43H44N2O6. The zero-order valence-corrected chi connectivity index (χ0v) is 28.8. The van der Waals surface area contributed by atoms with Crippen LogP contribution in [0.15, 0.2) is 146 Å². The highest BCUT2D eigenvalue weighted by Gasteiger charge is 2.46. The van der Waals surface area contributed by atoms with Crippen LogP contribution in [0.2, 0.25) is 0 Å². The first-order valence-corrected chi connectivity index (χ1v) is 17.3. The van der Waals surface area contributed by atoms with Gasteiger partial charge in [-0.05, 0) is 52.8 Å². The minimum atomic E-state index is -1.38. The van der Waals surface area contributed by atoms with Crippen LogP contribution in [0, 0.1) is 0 Å². The van der Waals surface area contributed by atoms with Crippen molar-refractivity contribution in [3.63, 3.8) is 0 Å². The second-order valence-electron chi connectivity index (χ2n) is 12.8. The summed E-state index contributed by atoms with van der Waals surface area (Å²) in [7, 11) is 1.62. The summed E-state index contributed by atoms with van der Waals surface area (Å²) in [6.07, 6.45) is -2.66.